The molecule has 6 rings (SSSR count). The highest BCUT2D eigenvalue weighted by Gasteiger charge is 2.62. The zero-order chi connectivity index (χ0) is 22.0. The third-order valence-electron chi connectivity index (χ3n) is 6.43. The van der Waals surface area contributed by atoms with Crippen molar-refractivity contribution >= 4 is 11.0 Å². The first-order valence-electron chi connectivity index (χ1n) is 10.3. The topological polar surface area (TPSA) is 134 Å². The van der Waals surface area contributed by atoms with Gasteiger partial charge in [0.25, 0.3) is 0 Å². The van der Waals surface area contributed by atoms with E-state index in [4.69, 9.17) is 15.7 Å². The maximum absolute atomic E-state index is 12.7. The summed E-state index contributed by atoms with van der Waals surface area (Å²) in [5.41, 5.74) is 8.41. The first kappa shape index (κ1) is 18.3. The summed E-state index contributed by atoms with van der Waals surface area (Å²) in [6.45, 7) is 1.07. The molecule has 1 saturated heterocycles. The van der Waals surface area contributed by atoms with Crippen LogP contribution in [0.4, 0.5) is 0 Å². The normalized spacial score (nSPS) is 21.2. The molecule has 1 unspecified atom stereocenters. The molecule has 0 amide bonds. The van der Waals surface area contributed by atoms with Crippen molar-refractivity contribution in [3.8, 4) is 17.3 Å². The van der Waals surface area contributed by atoms with Crippen molar-refractivity contribution in [2.75, 3.05) is 13.1 Å². The molecule has 1 spiro atoms. The molecule has 3 aromatic rings. The fraction of sp³-hybridized carbons (Fsp3) is 0.174. The van der Waals surface area contributed by atoms with Gasteiger partial charge < -0.3 is 16.0 Å². The van der Waals surface area contributed by atoms with Crippen LogP contribution in [0.15, 0.2) is 71.4 Å². The largest absolute Gasteiger partial charge is 0.384 e. The van der Waals surface area contributed by atoms with Crippen LogP contribution >= 0.6 is 0 Å². The quantitative estimate of drug-likeness (QED) is 0.450. The van der Waals surface area contributed by atoms with E-state index in [2.05, 4.69) is 11.4 Å². The molecule has 0 bridgehead atoms. The summed E-state index contributed by atoms with van der Waals surface area (Å²) in [4.78, 5) is 23.6. The summed E-state index contributed by atoms with van der Waals surface area (Å²) in [7, 11) is 0. The van der Waals surface area contributed by atoms with Gasteiger partial charge in [-0.25, -0.2) is 9.97 Å². The van der Waals surface area contributed by atoms with Crippen molar-refractivity contribution in [3.63, 3.8) is 0 Å². The summed E-state index contributed by atoms with van der Waals surface area (Å²) >= 11 is 0. The molecule has 0 radical (unpaired) electrons. The average Bonchev–Trinajstić information content (AvgIpc) is 3.08. The van der Waals surface area contributed by atoms with Gasteiger partial charge in [-0.2, -0.15) is 5.26 Å². The number of hydrogen-bond acceptors (Lipinski definition) is 8. The van der Waals surface area contributed by atoms with Gasteiger partial charge in [-0.3, -0.25) is 10.1 Å². The number of aromatic nitrogens is 2. The molecule has 1 aliphatic carbocycles. The van der Waals surface area contributed by atoms with Crippen LogP contribution in [0.25, 0.3) is 22.3 Å². The number of rotatable bonds is 1. The van der Waals surface area contributed by atoms with Crippen LogP contribution < -0.4 is 11.1 Å². The molecule has 1 fully saturated rings. The minimum absolute atomic E-state index is 0.104. The van der Waals surface area contributed by atoms with Crippen molar-refractivity contribution in [2.45, 2.75) is 11.8 Å². The highest BCUT2D eigenvalue weighted by atomic mass is 16.6. The second kappa shape index (κ2) is 6.28. The maximum Gasteiger partial charge on any atom is 0.308 e. The molecule has 2 aliphatic heterocycles. The van der Waals surface area contributed by atoms with E-state index in [9.17, 15) is 15.4 Å². The average molecular weight is 423 g/mol. The van der Waals surface area contributed by atoms with Gasteiger partial charge in [-0.15, -0.1) is 0 Å². The van der Waals surface area contributed by atoms with Gasteiger partial charge in [0.2, 0.25) is 0 Å². The van der Waals surface area contributed by atoms with E-state index >= 15 is 0 Å². The van der Waals surface area contributed by atoms with Crippen molar-refractivity contribution in [1.82, 2.24) is 20.2 Å². The molecular formula is C23H17N7O2. The highest BCUT2D eigenvalue weighted by Crippen LogP contribution is 2.58. The lowest BCUT2D eigenvalue weighted by Crippen LogP contribution is -2.52. The highest BCUT2D eigenvalue weighted by molar-refractivity contribution is 5.88. The van der Waals surface area contributed by atoms with Gasteiger partial charge in [0.05, 0.1) is 32.9 Å². The molecule has 3 aliphatic rings. The number of benzene rings is 2. The Kier molecular flexibility index (Phi) is 3.60. The van der Waals surface area contributed by atoms with Crippen LogP contribution in [-0.4, -0.2) is 32.9 Å². The minimum atomic E-state index is -1.55. The van der Waals surface area contributed by atoms with E-state index in [0.29, 0.717) is 52.5 Å². The third-order valence-corrected chi connectivity index (χ3v) is 6.43. The molecule has 32 heavy (non-hydrogen) atoms. The van der Waals surface area contributed by atoms with E-state index in [1.807, 2.05) is 36.4 Å². The van der Waals surface area contributed by atoms with Crippen LogP contribution in [-0.2, 0) is 5.41 Å². The monoisotopic (exact) mass is 423 g/mol. The molecule has 3 N–H and O–H groups in total. The maximum atomic E-state index is 12.7. The Morgan fingerprint density at radius 3 is 2.62 bits per heavy atom. The Bertz CT molecular complexity index is 1450. The number of nitrogens with two attached hydrogens (primary N) is 1. The third kappa shape index (κ3) is 2.06. The number of fused-ring (bicyclic) bond motifs is 7. The fourth-order valence-corrected chi connectivity index (χ4v) is 5.18. The van der Waals surface area contributed by atoms with E-state index in [1.165, 1.54) is 0 Å². The van der Waals surface area contributed by atoms with E-state index in [-0.39, 0.29) is 17.1 Å². The lowest BCUT2D eigenvalue weighted by molar-refractivity contribution is -0.436. The molecule has 1 aromatic heterocycles. The smallest absolute Gasteiger partial charge is 0.308 e. The molecule has 9 heteroatoms. The predicted molar refractivity (Wildman–Crippen MR) is 116 cm³/mol. The van der Waals surface area contributed by atoms with E-state index < -0.39 is 10.3 Å². The zero-order valence-corrected chi connectivity index (χ0v) is 16.9. The number of nitriles is 1. The molecule has 156 valence electrons. The molecule has 2 aromatic carbocycles. The number of hydrogen-bond donors (Lipinski definition) is 2. The molecule has 0 saturated carbocycles. The number of allylic oxidation sites excluding steroid dienone is 1. The van der Waals surface area contributed by atoms with Crippen LogP contribution in [0.1, 0.15) is 17.7 Å². The minimum Gasteiger partial charge on any atom is -0.384 e. The number of para-hydroxylation sites is 2. The summed E-state index contributed by atoms with van der Waals surface area (Å²) in [6, 6.07) is 16.9. The Labute approximate surface area is 182 Å². The van der Waals surface area contributed by atoms with E-state index in [1.54, 1.807) is 17.0 Å². The Morgan fingerprint density at radius 2 is 1.88 bits per heavy atom. The Hall–Kier alpha value is -4.45. The first-order valence-corrected chi connectivity index (χ1v) is 10.3. The second-order valence-corrected chi connectivity index (χ2v) is 7.96. The lowest BCUT2D eigenvalue weighted by atomic mass is 9.70. The SMILES string of the molecule is N#CC1=C(N)N2CCCNC2=C([N+](=O)[O-])C12c1ccccc1-c1nc3ccccc3nc12. The predicted octanol–water partition coefficient (Wildman–Crippen LogP) is 2.34. The van der Waals surface area contributed by atoms with Gasteiger partial charge in [0.1, 0.15) is 11.9 Å². The zero-order valence-electron chi connectivity index (χ0n) is 16.9. The second-order valence-electron chi connectivity index (χ2n) is 7.96. The summed E-state index contributed by atoms with van der Waals surface area (Å²) < 4.78 is 0. The van der Waals surface area contributed by atoms with Crippen molar-refractivity contribution in [2.24, 2.45) is 5.73 Å². The van der Waals surface area contributed by atoms with E-state index in [0.717, 1.165) is 6.42 Å². The molecule has 1 atom stereocenters. The Morgan fingerprint density at radius 1 is 1.16 bits per heavy atom. The van der Waals surface area contributed by atoms with Crippen molar-refractivity contribution < 1.29 is 4.92 Å². The number of nitrogens with zero attached hydrogens (tertiary/aromatic N) is 5. The first-order chi connectivity index (χ1) is 15.6. The van der Waals surface area contributed by atoms with Crippen LogP contribution in [0.5, 0.6) is 0 Å². The van der Waals surface area contributed by atoms with Gasteiger partial charge in [-0.1, -0.05) is 36.4 Å². The molecule has 3 heterocycles. The van der Waals surface area contributed by atoms with Crippen molar-refractivity contribution in [1.29, 1.82) is 5.26 Å². The fourth-order valence-electron chi connectivity index (χ4n) is 5.18. The summed E-state index contributed by atoms with van der Waals surface area (Å²) in [5, 5.41) is 26.2. The number of nitro groups is 1. The molecule has 9 nitrogen and oxygen atoms in total. The summed E-state index contributed by atoms with van der Waals surface area (Å²) in [6.07, 6.45) is 0.749. The van der Waals surface area contributed by atoms with Gasteiger partial charge >= 0.3 is 5.70 Å². The van der Waals surface area contributed by atoms with Gasteiger partial charge in [0, 0.05) is 18.7 Å². The molecular weight excluding hydrogens is 406 g/mol. The number of nitrogens with one attached hydrogen (secondary N) is 1. The van der Waals surface area contributed by atoms with Crippen LogP contribution in [0, 0.1) is 21.4 Å². The van der Waals surface area contributed by atoms with Crippen LogP contribution in [0.2, 0.25) is 0 Å². The lowest BCUT2D eigenvalue weighted by Gasteiger charge is -2.41. The van der Waals surface area contributed by atoms with Gasteiger partial charge in [-0.05, 0) is 24.1 Å². The standard InChI is InChI=1S/C23H17N7O2/c24-12-15-21(25)29-11-5-10-26-22(29)20(30(31)32)23(15)14-7-2-1-6-13(14)18-19(23)28-17-9-4-3-8-16(17)27-18/h1-4,6-9,26H,5,10-11,25H2. The van der Waals surface area contributed by atoms with Crippen LogP contribution in [0.3, 0.4) is 0 Å². The summed E-state index contributed by atoms with van der Waals surface area (Å²) in [5.74, 6) is 0.522. The van der Waals surface area contributed by atoms with Gasteiger partial charge in [0.15, 0.2) is 11.2 Å². The van der Waals surface area contributed by atoms with Crippen molar-refractivity contribution in [3.05, 3.63) is 92.8 Å². The Balaban J connectivity index is 1.84.